The van der Waals surface area contributed by atoms with Gasteiger partial charge in [0.1, 0.15) is 0 Å². The second-order valence-corrected chi connectivity index (χ2v) is 6.41. The van der Waals surface area contributed by atoms with Crippen LogP contribution in [0.5, 0.6) is 0 Å². The summed E-state index contributed by atoms with van der Waals surface area (Å²) >= 11 is 1.86. The van der Waals surface area contributed by atoms with E-state index in [-0.39, 0.29) is 0 Å². The van der Waals surface area contributed by atoms with Crippen LogP contribution in [0.25, 0.3) is 0 Å². The van der Waals surface area contributed by atoms with Gasteiger partial charge < -0.3 is 10.4 Å². The van der Waals surface area contributed by atoms with Crippen LogP contribution in [-0.4, -0.2) is 29.7 Å². The van der Waals surface area contributed by atoms with Gasteiger partial charge in [0.2, 0.25) is 0 Å². The monoisotopic (exact) mass is 281 g/mol. The Hall–Kier alpha value is -0.510. The van der Waals surface area contributed by atoms with Gasteiger partial charge in [-0.2, -0.15) is 11.8 Å². The van der Waals surface area contributed by atoms with Gasteiger partial charge in [0.25, 0.3) is 0 Å². The van der Waals surface area contributed by atoms with Crippen molar-refractivity contribution in [2.24, 2.45) is 0 Å². The van der Waals surface area contributed by atoms with E-state index in [9.17, 15) is 5.11 Å². The van der Waals surface area contributed by atoms with Crippen molar-refractivity contribution < 1.29 is 5.11 Å². The molecule has 0 aliphatic carbocycles. The van der Waals surface area contributed by atoms with E-state index in [1.54, 1.807) is 0 Å². The highest BCUT2D eigenvalue weighted by Gasteiger charge is 2.09. The molecule has 0 saturated heterocycles. The molecule has 2 N–H and O–H groups in total. The number of thioether (sulfide) groups is 1. The first kappa shape index (κ1) is 16.5. The lowest BCUT2D eigenvalue weighted by Gasteiger charge is -2.17. The zero-order valence-corrected chi connectivity index (χ0v) is 13.3. The first-order chi connectivity index (χ1) is 9.04. The quantitative estimate of drug-likeness (QED) is 0.764. The molecule has 19 heavy (non-hydrogen) atoms. The summed E-state index contributed by atoms with van der Waals surface area (Å²) in [5.41, 5.74) is 2.31. The number of hydrogen-bond donors (Lipinski definition) is 2. The molecule has 1 aromatic rings. The summed E-state index contributed by atoms with van der Waals surface area (Å²) in [4.78, 5) is 0. The van der Waals surface area contributed by atoms with Gasteiger partial charge in [-0.15, -0.1) is 0 Å². The second-order valence-electron chi connectivity index (χ2n) is 5.43. The third kappa shape index (κ3) is 5.98. The molecule has 0 aliphatic rings. The zero-order valence-electron chi connectivity index (χ0n) is 12.5. The number of hydrogen-bond acceptors (Lipinski definition) is 3. The van der Waals surface area contributed by atoms with Crippen molar-refractivity contribution in [1.82, 2.24) is 5.32 Å². The SMILES string of the molecule is CSCCC(C)NCC(O)c1ccc(C(C)C)cc1. The highest BCUT2D eigenvalue weighted by Crippen LogP contribution is 2.18. The molecule has 0 amide bonds. The molecule has 0 fully saturated rings. The van der Waals surface area contributed by atoms with Crippen LogP contribution in [0.1, 0.15) is 50.3 Å². The van der Waals surface area contributed by atoms with Gasteiger partial charge in [-0.25, -0.2) is 0 Å². The Labute approximate surface area is 122 Å². The molecule has 2 atom stereocenters. The van der Waals surface area contributed by atoms with Crippen LogP contribution in [0, 0.1) is 0 Å². The lowest BCUT2D eigenvalue weighted by Crippen LogP contribution is -2.30. The van der Waals surface area contributed by atoms with E-state index in [2.05, 4.69) is 44.5 Å². The Bertz CT molecular complexity index is 350. The lowest BCUT2D eigenvalue weighted by molar-refractivity contribution is 0.170. The molecule has 0 bridgehead atoms. The Morgan fingerprint density at radius 3 is 2.21 bits per heavy atom. The Morgan fingerprint density at radius 1 is 1.11 bits per heavy atom. The minimum atomic E-state index is -0.419. The predicted molar refractivity (Wildman–Crippen MR) is 86.0 cm³/mol. The van der Waals surface area contributed by atoms with Crippen molar-refractivity contribution >= 4 is 11.8 Å². The minimum Gasteiger partial charge on any atom is -0.387 e. The van der Waals surface area contributed by atoms with Crippen LogP contribution in [0.4, 0.5) is 0 Å². The van der Waals surface area contributed by atoms with Crippen LogP contribution in [0.15, 0.2) is 24.3 Å². The van der Waals surface area contributed by atoms with Gasteiger partial charge >= 0.3 is 0 Å². The van der Waals surface area contributed by atoms with Gasteiger partial charge in [-0.05, 0) is 42.4 Å². The molecule has 108 valence electrons. The maximum atomic E-state index is 10.2. The predicted octanol–water partition coefficient (Wildman–Crippen LogP) is 3.57. The van der Waals surface area contributed by atoms with Crippen molar-refractivity contribution in [2.75, 3.05) is 18.6 Å². The molecule has 0 heterocycles. The topological polar surface area (TPSA) is 32.3 Å². The van der Waals surface area contributed by atoms with E-state index in [4.69, 9.17) is 0 Å². The van der Waals surface area contributed by atoms with Crippen LogP contribution in [0.2, 0.25) is 0 Å². The van der Waals surface area contributed by atoms with Crippen LogP contribution in [-0.2, 0) is 0 Å². The second kappa shape index (κ2) is 8.62. The van der Waals surface area contributed by atoms with Gasteiger partial charge in [-0.1, -0.05) is 38.1 Å². The van der Waals surface area contributed by atoms with E-state index in [0.29, 0.717) is 18.5 Å². The first-order valence-corrected chi connectivity index (χ1v) is 8.44. The number of aliphatic hydroxyl groups is 1. The molecule has 0 saturated carbocycles. The Balaban J connectivity index is 2.42. The number of rotatable bonds is 8. The highest BCUT2D eigenvalue weighted by molar-refractivity contribution is 7.98. The summed E-state index contributed by atoms with van der Waals surface area (Å²) in [6.07, 6.45) is 2.84. The normalized spacial score (nSPS) is 14.6. The van der Waals surface area contributed by atoms with E-state index >= 15 is 0 Å². The third-order valence-electron chi connectivity index (χ3n) is 3.40. The summed E-state index contributed by atoms with van der Waals surface area (Å²) in [7, 11) is 0. The van der Waals surface area contributed by atoms with Crippen molar-refractivity contribution in [2.45, 2.75) is 45.3 Å². The fourth-order valence-electron chi connectivity index (χ4n) is 1.93. The third-order valence-corrected chi connectivity index (χ3v) is 4.05. The van der Waals surface area contributed by atoms with E-state index in [0.717, 1.165) is 17.7 Å². The van der Waals surface area contributed by atoms with Crippen molar-refractivity contribution in [3.8, 4) is 0 Å². The molecule has 0 aromatic heterocycles. The average molecular weight is 281 g/mol. The Kier molecular flexibility index (Phi) is 7.51. The molecule has 2 nitrogen and oxygen atoms in total. The maximum Gasteiger partial charge on any atom is 0.0914 e. The Morgan fingerprint density at radius 2 is 1.68 bits per heavy atom. The van der Waals surface area contributed by atoms with Crippen molar-refractivity contribution in [3.05, 3.63) is 35.4 Å². The van der Waals surface area contributed by atoms with Gasteiger partial charge in [-0.3, -0.25) is 0 Å². The molecular weight excluding hydrogens is 254 g/mol. The molecule has 0 radical (unpaired) electrons. The minimum absolute atomic E-state index is 0.419. The van der Waals surface area contributed by atoms with Gasteiger partial charge in [0.15, 0.2) is 0 Å². The van der Waals surface area contributed by atoms with Crippen LogP contribution < -0.4 is 5.32 Å². The maximum absolute atomic E-state index is 10.2. The van der Waals surface area contributed by atoms with Crippen molar-refractivity contribution in [1.29, 1.82) is 0 Å². The summed E-state index contributed by atoms with van der Waals surface area (Å²) in [6.45, 7) is 7.15. The van der Waals surface area contributed by atoms with E-state index in [1.807, 2.05) is 23.9 Å². The average Bonchev–Trinajstić information content (AvgIpc) is 2.42. The van der Waals surface area contributed by atoms with E-state index < -0.39 is 6.10 Å². The highest BCUT2D eigenvalue weighted by atomic mass is 32.2. The molecular formula is C16H27NOS. The van der Waals surface area contributed by atoms with Crippen LogP contribution >= 0.6 is 11.8 Å². The molecule has 0 aliphatic heterocycles. The van der Waals surface area contributed by atoms with Crippen molar-refractivity contribution in [3.63, 3.8) is 0 Å². The standard InChI is InChI=1S/C16H27NOS/c1-12(2)14-5-7-15(8-6-14)16(18)11-17-13(3)9-10-19-4/h5-8,12-13,16-18H,9-11H2,1-4H3. The van der Waals surface area contributed by atoms with Gasteiger partial charge in [0, 0.05) is 12.6 Å². The van der Waals surface area contributed by atoms with Gasteiger partial charge in [0.05, 0.1) is 6.10 Å². The lowest BCUT2D eigenvalue weighted by atomic mass is 10.00. The fraction of sp³-hybridized carbons (Fsp3) is 0.625. The molecule has 1 rings (SSSR count). The molecule has 1 aromatic carbocycles. The summed E-state index contributed by atoms with van der Waals surface area (Å²) in [5, 5.41) is 13.5. The molecule has 3 heteroatoms. The number of aliphatic hydroxyl groups excluding tert-OH is 1. The summed E-state index contributed by atoms with van der Waals surface area (Å²) < 4.78 is 0. The number of nitrogens with one attached hydrogen (secondary N) is 1. The number of benzene rings is 1. The summed E-state index contributed by atoms with van der Waals surface area (Å²) in [5.74, 6) is 1.70. The smallest absolute Gasteiger partial charge is 0.0914 e. The zero-order chi connectivity index (χ0) is 14.3. The molecule has 2 unspecified atom stereocenters. The van der Waals surface area contributed by atoms with Crippen LogP contribution in [0.3, 0.4) is 0 Å². The largest absolute Gasteiger partial charge is 0.387 e. The fourth-order valence-corrected chi connectivity index (χ4v) is 2.52. The molecule has 0 spiro atoms. The van der Waals surface area contributed by atoms with E-state index in [1.165, 1.54) is 5.56 Å². The first-order valence-electron chi connectivity index (χ1n) is 7.04. The summed E-state index contributed by atoms with van der Waals surface area (Å²) in [6, 6.07) is 8.75.